The van der Waals surface area contributed by atoms with Gasteiger partial charge in [-0.05, 0) is 104 Å². The summed E-state index contributed by atoms with van der Waals surface area (Å²) >= 11 is 0. The molecule has 6 aromatic rings. The third-order valence-corrected chi connectivity index (χ3v) is 13.4. The van der Waals surface area contributed by atoms with Gasteiger partial charge in [-0.2, -0.15) is 0 Å². The molecule has 0 radical (unpaired) electrons. The molecule has 0 unspecified atom stereocenters. The maximum Gasteiger partial charge on any atom is 0.504 e. The van der Waals surface area contributed by atoms with Crippen LogP contribution in [0.25, 0.3) is 50.0 Å². The van der Waals surface area contributed by atoms with E-state index in [1.165, 1.54) is 46.5 Å². The Kier molecular flexibility index (Phi) is 6.70. The Morgan fingerprint density at radius 1 is 0.447 bits per heavy atom. The lowest BCUT2D eigenvalue weighted by atomic mass is 9.96. The standard InChI is InChI=1S/C39H26N2O4S2/c40-41-39(46(42,43)29-19-15-25(16-20-29)31-11-5-13-35-33-9-3-1-7-27(33)23-37(31)35)47(44,45)30-21-17-26(18-22-30)32-12-6-14-36-34-10-4-2-8-28(34)24-38(32)36/h1-22H,23-24H2. The first-order valence-corrected chi connectivity index (χ1v) is 18.1. The molecule has 0 bridgehead atoms. The van der Waals surface area contributed by atoms with E-state index < -0.39 is 24.1 Å². The first kappa shape index (κ1) is 29.0. The Morgan fingerprint density at radius 3 is 1.21 bits per heavy atom. The van der Waals surface area contributed by atoms with Gasteiger partial charge in [0.25, 0.3) is 19.7 Å². The minimum atomic E-state index is -4.70. The van der Waals surface area contributed by atoms with Crippen LogP contribution in [0.3, 0.4) is 0 Å². The highest BCUT2D eigenvalue weighted by Crippen LogP contribution is 2.43. The number of hydrogen-bond donors (Lipinski definition) is 0. The van der Waals surface area contributed by atoms with E-state index in [4.69, 9.17) is 0 Å². The van der Waals surface area contributed by atoms with Crippen molar-refractivity contribution >= 4 is 24.1 Å². The van der Waals surface area contributed by atoms with Crippen molar-refractivity contribution in [2.45, 2.75) is 22.6 Å². The van der Waals surface area contributed by atoms with Gasteiger partial charge in [-0.3, -0.25) is 0 Å². The quantitative estimate of drug-likeness (QED) is 0.0833. The van der Waals surface area contributed by atoms with Gasteiger partial charge in [-0.15, -0.1) is 4.79 Å². The molecule has 0 aliphatic heterocycles. The van der Waals surface area contributed by atoms with Gasteiger partial charge >= 0.3 is 4.38 Å². The van der Waals surface area contributed by atoms with Crippen LogP contribution in [0.1, 0.15) is 22.3 Å². The Balaban J connectivity index is 1.08. The summed E-state index contributed by atoms with van der Waals surface area (Å²) in [7, 11) is -9.40. The summed E-state index contributed by atoms with van der Waals surface area (Å²) in [5, 5.41) is 0. The molecule has 0 saturated carbocycles. The van der Waals surface area contributed by atoms with Crippen molar-refractivity contribution in [3.8, 4) is 44.5 Å². The average molecular weight is 651 g/mol. The molecule has 0 atom stereocenters. The number of hydrogen-bond acceptors (Lipinski definition) is 4. The molecule has 0 aromatic heterocycles. The van der Waals surface area contributed by atoms with Gasteiger partial charge in [0.15, 0.2) is 0 Å². The molecule has 2 aliphatic carbocycles. The first-order chi connectivity index (χ1) is 22.8. The van der Waals surface area contributed by atoms with Gasteiger partial charge in [0.1, 0.15) is 0 Å². The molecule has 2 aliphatic rings. The van der Waals surface area contributed by atoms with Crippen LogP contribution in [-0.2, 0) is 32.5 Å². The molecule has 0 N–H and O–H groups in total. The fraction of sp³-hybridized carbons (Fsp3) is 0.0513. The number of sulfone groups is 2. The number of fused-ring (bicyclic) bond motifs is 6. The highest BCUT2D eigenvalue weighted by Gasteiger charge is 2.44. The van der Waals surface area contributed by atoms with E-state index in [0.717, 1.165) is 57.3 Å². The van der Waals surface area contributed by atoms with E-state index in [0.29, 0.717) is 0 Å². The molecular weight excluding hydrogens is 625 g/mol. The van der Waals surface area contributed by atoms with E-state index in [1.807, 2.05) is 48.5 Å². The molecule has 0 fully saturated rings. The summed E-state index contributed by atoms with van der Waals surface area (Å²) in [5.41, 5.74) is 22.7. The van der Waals surface area contributed by atoms with Crippen LogP contribution in [0.4, 0.5) is 0 Å². The van der Waals surface area contributed by atoms with Crippen LogP contribution in [0.5, 0.6) is 0 Å². The van der Waals surface area contributed by atoms with Crippen LogP contribution < -0.4 is 0 Å². The maximum atomic E-state index is 13.6. The van der Waals surface area contributed by atoms with Crippen molar-refractivity contribution in [3.63, 3.8) is 0 Å². The minimum absolute atomic E-state index is 0.287. The second-order valence-corrected chi connectivity index (χ2v) is 15.7. The third kappa shape index (κ3) is 4.61. The minimum Gasteiger partial charge on any atom is -0.359 e. The summed E-state index contributed by atoms with van der Waals surface area (Å²) in [6, 6.07) is 40.5. The predicted octanol–water partition coefficient (Wildman–Crippen LogP) is 8.00. The second-order valence-electron chi connectivity index (χ2n) is 11.8. The second kappa shape index (κ2) is 10.9. The van der Waals surface area contributed by atoms with E-state index in [-0.39, 0.29) is 9.79 Å². The Hall–Kier alpha value is -5.40. The van der Waals surface area contributed by atoms with Crippen molar-refractivity contribution in [1.82, 2.24) is 0 Å². The third-order valence-electron chi connectivity index (χ3n) is 9.19. The molecule has 6 nitrogen and oxygen atoms in total. The van der Waals surface area contributed by atoms with Crippen LogP contribution >= 0.6 is 0 Å². The SMILES string of the molecule is [N-]=[N+]=C(S(=O)(=O)c1ccc(-c2cccc3c2Cc2ccccc2-3)cc1)S(=O)(=O)c1ccc(-c2cccc3c2Cc2ccccc2-3)cc1. The maximum absolute atomic E-state index is 13.6. The molecule has 6 aromatic carbocycles. The van der Waals surface area contributed by atoms with Crippen LogP contribution in [0, 0.1) is 0 Å². The topological polar surface area (TPSA) is 105 Å². The van der Waals surface area contributed by atoms with E-state index in [9.17, 15) is 22.4 Å². The number of nitrogens with zero attached hydrogens (tertiary/aromatic N) is 2. The summed E-state index contributed by atoms with van der Waals surface area (Å²) in [4.78, 5) is 2.25. The molecule has 0 saturated heterocycles. The van der Waals surface area contributed by atoms with Crippen molar-refractivity contribution < 1.29 is 21.6 Å². The summed E-state index contributed by atoms with van der Waals surface area (Å²) < 4.78 is 53.2. The zero-order chi connectivity index (χ0) is 32.3. The van der Waals surface area contributed by atoms with Crippen molar-refractivity contribution in [3.05, 3.63) is 161 Å². The molecule has 47 heavy (non-hydrogen) atoms. The van der Waals surface area contributed by atoms with E-state index in [2.05, 4.69) is 41.2 Å². The van der Waals surface area contributed by atoms with Gasteiger partial charge in [-0.1, -0.05) is 109 Å². The van der Waals surface area contributed by atoms with Gasteiger partial charge in [0, 0.05) is 0 Å². The summed E-state index contributed by atoms with van der Waals surface area (Å²) in [6.45, 7) is 0. The largest absolute Gasteiger partial charge is 0.504 e. The number of rotatable bonds is 4. The smallest absolute Gasteiger partial charge is 0.359 e. The fourth-order valence-corrected chi connectivity index (χ4v) is 10.3. The number of benzene rings is 6. The fourth-order valence-electron chi connectivity index (χ4n) is 6.94. The molecule has 0 heterocycles. The summed E-state index contributed by atoms with van der Waals surface area (Å²) in [5.74, 6) is 0. The van der Waals surface area contributed by atoms with Crippen LogP contribution in [0.2, 0.25) is 0 Å². The zero-order valence-corrected chi connectivity index (χ0v) is 26.6. The zero-order valence-electron chi connectivity index (χ0n) is 25.0. The Bertz CT molecular complexity index is 2360. The highest BCUT2D eigenvalue weighted by molar-refractivity contribution is 8.31. The van der Waals surface area contributed by atoms with E-state index in [1.54, 1.807) is 24.3 Å². The van der Waals surface area contributed by atoms with Gasteiger partial charge in [0.05, 0.1) is 9.79 Å². The highest BCUT2D eigenvalue weighted by atomic mass is 32.3. The van der Waals surface area contributed by atoms with Crippen molar-refractivity contribution in [1.29, 1.82) is 0 Å². The molecule has 0 amide bonds. The van der Waals surface area contributed by atoms with Gasteiger partial charge in [-0.25, -0.2) is 16.8 Å². The van der Waals surface area contributed by atoms with E-state index >= 15 is 0 Å². The van der Waals surface area contributed by atoms with Crippen LogP contribution in [0.15, 0.2) is 143 Å². The molecule has 228 valence electrons. The molecule has 8 rings (SSSR count). The normalized spacial score (nSPS) is 12.9. The Labute approximate surface area is 273 Å². The predicted molar refractivity (Wildman–Crippen MR) is 183 cm³/mol. The lowest BCUT2D eigenvalue weighted by Gasteiger charge is -2.10. The monoisotopic (exact) mass is 650 g/mol. The Morgan fingerprint density at radius 2 is 0.809 bits per heavy atom. The molecule has 0 spiro atoms. The molecular formula is C39H26N2O4S2. The lowest BCUT2D eigenvalue weighted by Crippen LogP contribution is -2.26. The molecule has 8 heteroatoms. The average Bonchev–Trinajstić information content (AvgIpc) is 3.67. The van der Waals surface area contributed by atoms with Crippen LogP contribution in [-0.4, -0.2) is 26.0 Å². The summed E-state index contributed by atoms with van der Waals surface area (Å²) in [6.07, 6.45) is 1.53. The van der Waals surface area contributed by atoms with Gasteiger partial charge in [0.2, 0.25) is 0 Å². The van der Waals surface area contributed by atoms with Crippen molar-refractivity contribution in [2.24, 2.45) is 0 Å². The lowest BCUT2D eigenvalue weighted by molar-refractivity contribution is 0.00380. The first-order valence-electron chi connectivity index (χ1n) is 15.1. The van der Waals surface area contributed by atoms with Crippen molar-refractivity contribution in [2.75, 3.05) is 0 Å². The van der Waals surface area contributed by atoms with Gasteiger partial charge < -0.3 is 5.53 Å².